The molecule has 54 heavy (non-hydrogen) atoms. The van der Waals surface area contributed by atoms with Crippen LogP contribution in [0.25, 0.3) is 84.3 Å². The van der Waals surface area contributed by atoms with Crippen LogP contribution in [0.1, 0.15) is 23.1 Å². The summed E-state index contributed by atoms with van der Waals surface area (Å²) in [6.45, 7) is 0. The predicted octanol–water partition coefficient (Wildman–Crippen LogP) is 15.0. The smallest absolute Gasteiger partial charge is 0.00124 e. The molecule has 1 aliphatic carbocycles. The Morgan fingerprint density at radius 1 is 0.370 bits per heavy atom. The van der Waals surface area contributed by atoms with Crippen LogP contribution in [0.4, 0.5) is 0 Å². The van der Waals surface area contributed by atoms with Crippen LogP contribution in [0.5, 0.6) is 0 Å². The second kappa shape index (κ2) is 15.1. The lowest BCUT2D eigenvalue weighted by Gasteiger charge is -2.22. The number of allylic oxidation sites excluding steroid dienone is 5. The van der Waals surface area contributed by atoms with E-state index in [0.717, 1.165) is 6.42 Å². The minimum Gasteiger partial charge on any atom is -0.0837 e. The molecule has 1 aliphatic rings. The van der Waals surface area contributed by atoms with Crippen molar-refractivity contribution < 1.29 is 0 Å². The molecule has 0 saturated heterocycles. The van der Waals surface area contributed by atoms with Gasteiger partial charge in [0.05, 0.1) is 0 Å². The van der Waals surface area contributed by atoms with Crippen molar-refractivity contribution in [3.05, 3.63) is 223 Å². The highest BCUT2D eigenvalue weighted by Gasteiger charge is 2.22. The van der Waals surface area contributed by atoms with Gasteiger partial charge in [-0.1, -0.05) is 225 Å². The lowest BCUT2D eigenvalue weighted by Crippen LogP contribution is -1.96. The van der Waals surface area contributed by atoms with E-state index in [1.165, 1.54) is 82.7 Å². The number of hydrogen-bond donors (Lipinski definition) is 0. The molecule has 0 spiro atoms. The zero-order valence-electron chi connectivity index (χ0n) is 30.1. The molecule has 1 atom stereocenters. The molecule has 8 aromatic carbocycles. The van der Waals surface area contributed by atoms with Gasteiger partial charge < -0.3 is 0 Å². The van der Waals surface area contributed by atoms with Crippen LogP contribution < -0.4 is 0 Å². The van der Waals surface area contributed by atoms with Crippen LogP contribution in [-0.2, 0) is 0 Å². The van der Waals surface area contributed by atoms with Crippen LogP contribution in [0, 0.1) is 5.92 Å². The zero-order valence-corrected chi connectivity index (χ0v) is 30.1. The van der Waals surface area contributed by atoms with Crippen molar-refractivity contribution in [1.29, 1.82) is 0 Å². The summed E-state index contributed by atoms with van der Waals surface area (Å²) >= 11 is 0. The fourth-order valence-electron chi connectivity index (χ4n) is 8.12. The third-order valence-electron chi connectivity index (χ3n) is 10.6. The Hall–Kier alpha value is -6.76. The van der Waals surface area contributed by atoms with Crippen LogP contribution in [0.2, 0.25) is 0 Å². The first kappa shape index (κ1) is 33.1. The number of rotatable bonds is 8. The van der Waals surface area contributed by atoms with Crippen LogP contribution >= 0.6 is 0 Å². The van der Waals surface area contributed by atoms with Crippen molar-refractivity contribution in [1.82, 2.24) is 0 Å². The normalized spacial score (nSPS) is 14.1. The first-order chi connectivity index (χ1) is 26.8. The maximum absolute atomic E-state index is 2.36. The van der Waals surface area contributed by atoms with Gasteiger partial charge in [-0.3, -0.25) is 0 Å². The third-order valence-corrected chi connectivity index (χ3v) is 10.6. The molecule has 0 fully saturated rings. The summed E-state index contributed by atoms with van der Waals surface area (Å²) < 4.78 is 0. The van der Waals surface area contributed by atoms with E-state index < -0.39 is 0 Å². The predicted molar refractivity (Wildman–Crippen MR) is 234 cm³/mol. The van der Waals surface area contributed by atoms with Crippen LogP contribution in [0.3, 0.4) is 0 Å². The Bertz CT molecular complexity index is 2650. The SMILES string of the molecule is C1=CCC(/C=C\c2cccc(-c3c4ccccc4c(-c4cccc(/C=C\c5ccccc5)c4-c4ccccc4)c4ccccc34)c2-c2ccccc2)C=C1. The number of benzene rings is 8. The minimum atomic E-state index is 0.389. The maximum Gasteiger partial charge on any atom is -0.00124 e. The van der Waals surface area contributed by atoms with Crippen molar-refractivity contribution in [2.45, 2.75) is 6.42 Å². The third kappa shape index (κ3) is 6.44. The molecular formula is C54H40. The summed E-state index contributed by atoms with van der Waals surface area (Å²) in [5, 5.41) is 4.97. The Labute approximate surface area is 318 Å². The van der Waals surface area contributed by atoms with Crippen molar-refractivity contribution in [3.8, 4) is 44.5 Å². The monoisotopic (exact) mass is 688 g/mol. The average molecular weight is 689 g/mol. The molecule has 0 N–H and O–H groups in total. The molecule has 0 saturated carbocycles. The molecule has 0 heteroatoms. The van der Waals surface area contributed by atoms with Crippen LogP contribution in [-0.4, -0.2) is 0 Å². The van der Waals surface area contributed by atoms with Gasteiger partial charge in [0, 0.05) is 0 Å². The van der Waals surface area contributed by atoms with E-state index >= 15 is 0 Å². The van der Waals surface area contributed by atoms with Gasteiger partial charge >= 0.3 is 0 Å². The molecule has 256 valence electrons. The lowest BCUT2D eigenvalue weighted by molar-refractivity contribution is 0.826. The van der Waals surface area contributed by atoms with Crippen molar-refractivity contribution >= 4 is 39.8 Å². The number of fused-ring (bicyclic) bond motifs is 2. The van der Waals surface area contributed by atoms with Gasteiger partial charge in [-0.25, -0.2) is 0 Å². The van der Waals surface area contributed by atoms with Crippen molar-refractivity contribution in [2.75, 3.05) is 0 Å². The zero-order chi connectivity index (χ0) is 36.1. The van der Waals surface area contributed by atoms with Gasteiger partial charge in [0.15, 0.2) is 0 Å². The van der Waals surface area contributed by atoms with Gasteiger partial charge in [-0.05, 0) is 95.1 Å². The summed E-state index contributed by atoms with van der Waals surface area (Å²) in [5.41, 5.74) is 13.5. The van der Waals surface area contributed by atoms with E-state index in [1.54, 1.807) is 0 Å². The topological polar surface area (TPSA) is 0 Å². The van der Waals surface area contributed by atoms with E-state index in [0.29, 0.717) is 5.92 Å². The molecule has 0 radical (unpaired) electrons. The molecule has 0 bridgehead atoms. The summed E-state index contributed by atoms with van der Waals surface area (Å²) in [7, 11) is 0. The van der Waals surface area contributed by atoms with E-state index in [4.69, 9.17) is 0 Å². The molecule has 0 heterocycles. The molecule has 8 aromatic rings. The Morgan fingerprint density at radius 3 is 1.31 bits per heavy atom. The van der Waals surface area contributed by atoms with E-state index in [1.807, 2.05) is 0 Å². The Kier molecular flexibility index (Phi) is 9.24. The average Bonchev–Trinajstić information content (AvgIpc) is 3.25. The second-order valence-corrected chi connectivity index (χ2v) is 13.9. The largest absolute Gasteiger partial charge is 0.0837 e. The molecule has 0 amide bonds. The summed E-state index contributed by atoms with van der Waals surface area (Å²) in [6, 6.07) is 63.9. The first-order valence-electron chi connectivity index (χ1n) is 18.9. The highest BCUT2D eigenvalue weighted by atomic mass is 14.2. The van der Waals surface area contributed by atoms with E-state index in [-0.39, 0.29) is 0 Å². The van der Waals surface area contributed by atoms with Crippen molar-refractivity contribution in [3.63, 3.8) is 0 Å². The second-order valence-electron chi connectivity index (χ2n) is 13.9. The molecule has 1 unspecified atom stereocenters. The van der Waals surface area contributed by atoms with Gasteiger partial charge in [0.25, 0.3) is 0 Å². The van der Waals surface area contributed by atoms with Crippen LogP contribution in [0.15, 0.2) is 206 Å². The number of hydrogen-bond acceptors (Lipinski definition) is 0. The van der Waals surface area contributed by atoms with E-state index in [2.05, 4.69) is 225 Å². The van der Waals surface area contributed by atoms with E-state index in [9.17, 15) is 0 Å². The molecule has 0 aromatic heterocycles. The standard InChI is InChI=1S/C54H40/c1-5-19-39(20-6-1)35-37-43-27-17-33-49(51(43)41-23-9-3-10-24-41)53-45-29-13-15-31-47(45)54(48-32-16-14-30-46(48)53)50-34-18-28-44(38-36-40-21-7-2-8-22-40)52(50)42-25-11-4-12-26-42/h1-21,23-38,40H,22H2/b37-35-,38-36-. The van der Waals surface area contributed by atoms with Gasteiger partial charge in [-0.2, -0.15) is 0 Å². The van der Waals surface area contributed by atoms with Gasteiger partial charge in [-0.15, -0.1) is 0 Å². The Balaban J connectivity index is 1.33. The first-order valence-corrected chi connectivity index (χ1v) is 18.9. The fourth-order valence-corrected chi connectivity index (χ4v) is 8.12. The molecule has 0 aliphatic heterocycles. The summed E-state index contributed by atoms with van der Waals surface area (Å²) in [5.74, 6) is 0.389. The highest BCUT2D eigenvalue weighted by Crippen LogP contribution is 2.49. The maximum atomic E-state index is 2.36. The quantitative estimate of drug-likeness (QED) is 0.110. The molecular weight excluding hydrogens is 649 g/mol. The molecule has 0 nitrogen and oxygen atoms in total. The molecule has 9 rings (SSSR count). The lowest BCUT2D eigenvalue weighted by atomic mass is 9.80. The highest BCUT2D eigenvalue weighted by molar-refractivity contribution is 6.23. The van der Waals surface area contributed by atoms with Gasteiger partial charge in [0.2, 0.25) is 0 Å². The summed E-state index contributed by atoms with van der Waals surface area (Å²) in [4.78, 5) is 0. The van der Waals surface area contributed by atoms with Crippen molar-refractivity contribution in [2.24, 2.45) is 5.92 Å². The fraction of sp³-hybridized carbons (Fsp3) is 0.0370. The minimum absolute atomic E-state index is 0.389. The summed E-state index contributed by atoms with van der Waals surface area (Å²) in [6.07, 6.45) is 19.0. The Morgan fingerprint density at radius 2 is 0.833 bits per heavy atom. The van der Waals surface area contributed by atoms with Gasteiger partial charge in [0.1, 0.15) is 0 Å².